The number of rotatable bonds is 11. The van der Waals surface area contributed by atoms with Crippen molar-refractivity contribution < 1.29 is 22.4 Å². The van der Waals surface area contributed by atoms with Crippen LogP contribution in [0.4, 0.5) is 10.1 Å². The van der Waals surface area contributed by atoms with Crippen molar-refractivity contribution in [3.05, 3.63) is 94.2 Å². The van der Waals surface area contributed by atoms with Crippen LogP contribution in [0.5, 0.6) is 0 Å². The molecule has 0 heterocycles. The van der Waals surface area contributed by atoms with E-state index in [0.717, 1.165) is 28.6 Å². The largest absolute Gasteiger partial charge is 0.354 e. The van der Waals surface area contributed by atoms with Gasteiger partial charge < -0.3 is 10.2 Å². The molecule has 0 radical (unpaired) electrons. The summed E-state index contributed by atoms with van der Waals surface area (Å²) in [6.45, 7) is 3.10. The first-order chi connectivity index (χ1) is 18.1. The maximum absolute atomic E-state index is 13.8. The van der Waals surface area contributed by atoms with Gasteiger partial charge in [0.2, 0.25) is 11.8 Å². The van der Waals surface area contributed by atoms with Crippen LogP contribution in [0.2, 0.25) is 10.0 Å². The highest BCUT2D eigenvalue weighted by molar-refractivity contribution is 7.92. The molecule has 0 saturated carbocycles. The lowest BCUT2D eigenvalue weighted by Crippen LogP contribution is -2.51. The zero-order valence-corrected chi connectivity index (χ0v) is 23.2. The Hall–Kier alpha value is -3.14. The zero-order valence-electron chi connectivity index (χ0n) is 20.9. The van der Waals surface area contributed by atoms with Gasteiger partial charge in [0.25, 0.3) is 10.0 Å². The molecule has 202 valence electrons. The smallest absolute Gasteiger partial charge is 0.264 e. The Bertz CT molecular complexity index is 1350. The monoisotopic (exact) mass is 579 g/mol. The van der Waals surface area contributed by atoms with E-state index in [1.54, 1.807) is 55.5 Å². The Morgan fingerprint density at radius 2 is 1.55 bits per heavy atom. The van der Waals surface area contributed by atoms with Gasteiger partial charge in [-0.3, -0.25) is 13.9 Å². The molecule has 0 aliphatic carbocycles. The first-order valence-corrected chi connectivity index (χ1v) is 14.1. The van der Waals surface area contributed by atoms with Gasteiger partial charge in [0.05, 0.1) is 10.6 Å². The summed E-state index contributed by atoms with van der Waals surface area (Å²) in [6, 6.07) is 16.3. The fourth-order valence-electron chi connectivity index (χ4n) is 3.69. The summed E-state index contributed by atoms with van der Waals surface area (Å²) >= 11 is 12.7. The molecule has 1 unspecified atom stereocenters. The topological polar surface area (TPSA) is 86.8 Å². The molecule has 3 aromatic carbocycles. The summed E-state index contributed by atoms with van der Waals surface area (Å²) < 4.78 is 41.7. The van der Waals surface area contributed by atoms with Gasteiger partial charge >= 0.3 is 0 Å². The number of carbonyl (C=O) groups excluding carboxylic acids is 2. The summed E-state index contributed by atoms with van der Waals surface area (Å²) in [4.78, 5) is 27.7. The summed E-state index contributed by atoms with van der Waals surface area (Å²) in [6.07, 6.45) is 0.695. The average molecular weight is 581 g/mol. The van der Waals surface area contributed by atoms with E-state index in [9.17, 15) is 22.4 Å². The van der Waals surface area contributed by atoms with Crippen LogP contribution in [-0.2, 0) is 26.2 Å². The molecule has 7 nitrogen and oxygen atoms in total. The summed E-state index contributed by atoms with van der Waals surface area (Å²) in [5.41, 5.74) is 0.649. The van der Waals surface area contributed by atoms with Gasteiger partial charge in [0.15, 0.2) is 0 Å². The lowest BCUT2D eigenvalue weighted by molar-refractivity contribution is -0.139. The summed E-state index contributed by atoms with van der Waals surface area (Å²) in [5.74, 6) is -1.66. The Morgan fingerprint density at radius 3 is 2.13 bits per heavy atom. The van der Waals surface area contributed by atoms with Gasteiger partial charge in [-0.15, -0.1) is 0 Å². The maximum Gasteiger partial charge on any atom is 0.264 e. The van der Waals surface area contributed by atoms with Crippen LogP contribution >= 0.6 is 23.2 Å². The van der Waals surface area contributed by atoms with Crippen molar-refractivity contribution in [1.29, 1.82) is 0 Å². The molecule has 0 fully saturated rings. The number of para-hydroxylation sites is 1. The number of anilines is 1. The third kappa shape index (κ3) is 7.03. The van der Waals surface area contributed by atoms with E-state index >= 15 is 0 Å². The van der Waals surface area contributed by atoms with Gasteiger partial charge in [-0.2, -0.15) is 0 Å². The Labute approximate surface area is 232 Å². The van der Waals surface area contributed by atoms with Crippen LogP contribution in [-0.4, -0.2) is 44.3 Å². The molecular weight excluding hydrogens is 552 g/mol. The first-order valence-electron chi connectivity index (χ1n) is 11.9. The Morgan fingerprint density at radius 1 is 0.947 bits per heavy atom. The molecule has 0 aliphatic heterocycles. The van der Waals surface area contributed by atoms with Crippen LogP contribution in [0, 0.1) is 5.82 Å². The molecule has 38 heavy (non-hydrogen) atoms. The number of sulfonamides is 1. The molecule has 0 aromatic heterocycles. The number of nitrogens with zero attached hydrogens (tertiary/aromatic N) is 2. The van der Waals surface area contributed by atoms with E-state index < -0.39 is 40.2 Å². The first kappa shape index (κ1) is 29.4. The molecule has 0 spiro atoms. The van der Waals surface area contributed by atoms with Crippen molar-refractivity contribution in [2.24, 2.45) is 0 Å². The highest BCUT2D eigenvalue weighted by Crippen LogP contribution is 2.28. The third-order valence-corrected chi connectivity index (χ3v) is 8.33. The van der Waals surface area contributed by atoms with Crippen molar-refractivity contribution >= 4 is 50.7 Å². The predicted molar refractivity (Wildman–Crippen MR) is 147 cm³/mol. The molecule has 1 N–H and O–H groups in total. The van der Waals surface area contributed by atoms with Gasteiger partial charge in [-0.1, -0.05) is 54.4 Å². The van der Waals surface area contributed by atoms with Crippen molar-refractivity contribution in [2.75, 3.05) is 17.4 Å². The van der Waals surface area contributed by atoms with Crippen LogP contribution in [0.3, 0.4) is 0 Å². The van der Waals surface area contributed by atoms with Crippen LogP contribution < -0.4 is 9.62 Å². The number of nitrogens with one attached hydrogen (secondary N) is 1. The minimum atomic E-state index is -4.28. The number of carbonyl (C=O) groups is 2. The molecule has 0 bridgehead atoms. The second-order valence-corrected chi connectivity index (χ2v) is 11.2. The molecule has 1 atom stereocenters. The third-order valence-electron chi connectivity index (χ3n) is 5.83. The normalized spacial score (nSPS) is 12.0. The van der Waals surface area contributed by atoms with Gasteiger partial charge in [0.1, 0.15) is 18.4 Å². The van der Waals surface area contributed by atoms with Gasteiger partial charge in [0, 0.05) is 28.7 Å². The SMILES string of the molecule is CCCNC(=O)C(C)N(Cc1c(Cl)cccc1Cl)C(=O)CN(c1ccccc1)S(=O)(=O)c1ccc(F)cc1. The Kier molecular flexibility index (Phi) is 10.1. The number of hydrogen-bond donors (Lipinski definition) is 1. The van der Waals surface area contributed by atoms with E-state index in [0.29, 0.717) is 28.6 Å². The van der Waals surface area contributed by atoms with E-state index in [1.807, 2.05) is 6.92 Å². The van der Waals surface area contributed by atoms with Crippen LogP contribution in [0.1, 0.15) is 25.8 Å². The summed E-state index contributed by atoms with van der Waals surface area (Å²) in [7, 11) is -4.28. The summed E-state index contributed by atoms with van der Waals surface area (Å²) in [5, 5.41) is 3.37. The van der Waals surface area contributed by atoms with Crippen molar-refractivity contribution in [3.63, 3.8) is 0 Å². The highest BCUT2D eigenvalue weighted by Gasteiger charge is 2.33. The second-order valence-electron chi connectivity index (χ2n) is 8.49. The number of benzene rings is 3. The van der Waals surface area contributed by atoms with Gasteiger partial charge in [-0.05, 0) is 61.9 Å². The molecule has 3 aromatic rings. The molecule has 2 amide bonds. The standard InChI is InChI=1S/C27H28Cl2FN3O4S/c1-3-16-31-27(35)19(2)32(17-23-24(28)10-7-11-25(23)29)26(34)18-33(21-8-5-4-6-9-21)38(36,37)22-14-12-20(30)13-15-22/h4-15,19H,3,16-18H2,1-2H3,(H,31,35). The maximum atomic E-state index is 13.8. The van der Waals surface area contributed by atoms with Crippen molar-refractivity contribution in [3.8, 4) is 0 Å². The fourth-order valence-corrected chi connectivity index (χ4v) is 5.62. The Balaban J connectivity index is 2.03. The minimum absolute atomic E-state index is 0.128. The second kappa shape index (κ2) is 13.1. The molecule has 11 heteroatoms. The van der Waals surface area contributed by atoms with E-state index in [-0.39, 0.29) is 17.1 Å². The fraction of sp³-hybridized carbons (Fsp3) is 0.259. The molecule has 0 aliphatic rings. The number of halogens is 3. The van der Waals surface area contributed by atoms with Crippen LogP contribution in [0.15, 0.2) is 77.7 Å². The van der Waals surface area contributed by atoms with Crippen molar-refractivity contribution in [1.82, 2.24) is 10.2 Å². The quantitative estimate of drug-likeness (QED) is 0.335. The van der Waals surface area contributed by atoms with E-state index in [4.69, 9.17) is 23.2 Å². The van der Waals surface area contributed by atoms with Crippen molar-refractivity contribution in [2.45, 2.75) is 37.8 Å². The number of hydrogen-bond acceptors (Lipinski definition) is 4. The van der Waals surface area contributed by atoms with E-state index in [2.05, 4.69) is 5.32 Å². The lowest BCUT2D eigenvalue weighted by atomic mass is 10.1. The number of amides is 2. The highest BCUT2D eigenvalue weighted by atomic mass is 35.5. The minimum Gasteiger partial charge on any atom is -0.354 e. The molecule has 0 saturated heterocycles. The predicted octanol–water partition coefficient (Wildman–Crippen LogP) is 5.27. The van der Waals surface area contributed by atoms with Crippen LogP contribution in [0.25, 0.3) is 0 Å². The zero-order chi connectivity index (χ0) is 27.9. The molecular formula is C27H28Cl2FN3O4S. The lowest BCUT2D eigenvalue weighted by Gasteiger charge is -2.32. The van der Waals surface area contributed by atoms with E-state index in [1.165, 1.54) is 4.90 Å². The van der Waals surface area contributed by atoms with Gasteiger partial charge in [-0.25, -0.2) is 12.8 Å². The molecule has 3 rings (SSSR count). The average Bonchev–Trinajstić information content (AvgIpc) is 2.90.